The van der Waals surface area contributed by atoms with Crippen LogP contribution in [0.5, 0.6) is 0 Å². The highest BCUT2D eigenvalue weighted by Crippen LogP contribution is 2.24. The first kappa shape index (κ1) is 13.6. The van der Waals surface area contributed by atoms with E-state index in [1.54, 1.807) is 38.1 Å². The van der Waals surface area contributed by atoms with E-state index in [4.69, 9.17) is 5.84 Å². The molecule has 0 aliphatic heterocycles. The van der Waals surface area contributed by atoms with Crippen LogP contribution in [0.15, 0.2) is 36.4 Å². The van der Waals surface area contributed by atoms with E-state index in [0.717, 1.165) is 0 Å². The monoisotopic (exact) mass is 262 g/mol. The smallest absolute Gasteiger partial charge is 0.126 e. The Bertz CT molecular complexity index is 545. The average Bonchev–Trinajstić information content (AvgIpc) is 2.39. The molecule has 0 bridgehead atoms. The quantitative estimate of drug-likeness (QED) is 0.658. The number of halogens is 2. The van der Waals surface area contributed by atoms with E-state index in [9.17, 15) is 8.78 Å². The van der Waals surface area contributed by atoms with Crippen molar-refractivity contribution >= 4 is 0 Å². The van der Waals surface area contributed by atoms with Crippen LogP contribution in [0.2, 0.25) is 0 Å². The van der Waals surface area contributed by atoms with E-state index in [1.807, 2.05) is 0 Å². The van der Waals surface area contributed by atoms with Gasteiger partial charge < -0.3 is 0 Å². The van der Waals surface area contributed by atoms with Crippen LogP contribution in [0.4, 0.5) is 8.78 Å². The van der Waals surface area contributed by atoms with Crippen LogP contribution in [0.3, 0.4) is 0 Å². The molecule has 0 saturated carbocycles. The van der Waals surface area contributed by atoms with E-state index in [1.165, 1.54) is 12.1 Å². The maximum Gasteiger partial charge on any atom is 0.126 e. The van der Waals surface area contributed by atoms with Crippen molar-refractivity contribution in [2.75, 3.05) is 0 Å². The number of rotatable bonds is 3. The number of hydrogen-bond donors (Lipinski definition) is 2. The number of nitrogens with two attached hydrogens (primary N) is 1. The highest BCUT2D eigenvalue weighted by atomic mass is 19.1. The Kier molecular flexibility index (Phi) is 3.93. The van der Waals surface area contributed by atoms with Crippen LogP contribution in [-0.4, -0.2) is 0 Å². The SMILES string of the molecule is Cc1ccc(C(NN)c2ccc(C)c(F)c2)cc1F. The van der Waals surface area contributed by atoms with Gasteiger partial charge in [0.05, 0.1) is 6.04 Å². The van der Waals surface area contributed by atoms with E-state index in [2.05, 4.69) is 5.43 Å². The minimum atomic E-state index is -0.440. The van der Waals surface area contributed by atoms with Gasteiger partial charge in [-0.05, 0) is 48.2 Å². The van der Waals surface area contributed by atoms with Gasteiger partial charge in [-0.2, -0.15) is 0 Å². The number of benzene rings is 2. The number of nitrogens with one attached hydrogen (secondary N) is 1. The second-order valence-corrected chi connectivity index (χ2v) is 4.62. The molecule has 0 spiro atoms. The van der Waals surface area contributed by atoms with Gasteiger partial charge in [0.25, 0.3) is 0 Å². The molecule has 2 aromatic rings. The standard InChI is InChI=1S/C15H16F2N2/c1-9-3-5-11(7-13(9)16)15(19-18)12-6-4-10(2)14(17)8-12/h3-8,15,19H,18H2,1-2H3. The summed E-state index contributed by atoms with van der Waals surface area (Å²) in [6.45, 7) is 3.38. The maximum atomic E-state index is 13.6. The van der Waals surface area contributed by atoms with Gasteiger partial charge in [-0.3, -0.25) is 5.84 Å². The molecule has 0 amide bonds. The fraction of sp³-hybridized carbons (Fsp3) is 0.200. The van der Waals surface area contributed by atoms with Crippen LogP contribution >= 0.6 is 0 Å². The van der Waals surface area contributed by atoms with E-state index < -0.39 is 6.04 Å². The summed E-state index contributed by atoms with van der Waals surface area (Å²) in [5, 5.41) is 0. The van der Waals surface area contributed by atoms with Gasteiger partial charge in [-0.25, -0.2) is 14.2 Å². The summed E-state index contributed by atoms with van der Waals surface area (Å²) in [6.07, 6.45) is 0. The maximum absolute atomic E-state index is 13.6. The van der Waals surface area contributed by atoms with E-state index in [0.29, 0.717) is 22.3 Å². The minimum absolute atomic E-state index is 0.301. The topological polar surface area (TPSA) is 38.0 Å². The molecule has 0 aromatic heterocycles. The molecule has 3 N–H and O–H groups in total. The summed E-state index contributed by atoms with van der Waals surface area (Å²) in [5.74, 6) is 4.92. The summed E-state index contributed by atoms with van der Waals surface area (Å²) >= 11 is 0. The average molecular weight is 262 g/mol. The van der Waals surface area contributed by atoms with Crippen LogP contribution in [0.25, 0.3) is 0 Å². The lowest BCUT2D eigenvalue weighted by Crippen LogP contribution is -2.29. The first-order valence-electron chi connectivity index (χ1n) is 6.01. The molecule has 0 unspecified atom stereocenters. The number of aryl methyl sites for hydroxylation is 2. The molecule has 2 aromatic carbocycles. The Morgan fingerprint density at radius 3 is 1.63 bits per heavy atom. The molecular weight excluding hydrogens is 246 g/mol. The highest BCUT2D eigenvalue weighted by molar-refractivity contribution is 5.35. The van der Waals surface area contributed by atoms with E-state index >= 15 is 0 Å². The molecule has 0 atom stereocenters. The second-order valence-electron chi connectivity index (χ2n) is 4.62. The van der Waals surface area contributed by atoms with Crippen molar-refractivity contribution in [1.29, 1.82) is 0 Å². The van der Waals surface area contributed by atoms with E-state index in [-0.39, 0.29) is 11.6 Å². The summed E-state index contributed by atoms with van der Waals surface area (Å²) in [4.78, 5) is 0. The molecule has 0 radical (unpaired) electrons. The predicted octanol–water partition coefficient (Wildman–Crippen LogP) is 3.13. The Morgan fingerprint density at radius 2 is 1.32 bits per heavy atom. The van der Waals surface area contributed by atoms with Gasteiger partial charge in [-0.15, -0.1) is 0 Å². The molecule has 0 heterocycles. The summed E-state index contributed by atoms with van der Waals surface area (Å²) < 4.78 is 27.2. The van der Waals surface area contributed by atoms with Gasteiger partial charge in [0.15, 0.2) is 0 Å². The van der Waals surface area contributed by atoms with Crippen LogP contribution in [0, 0.1) is 25.5 Å². The molecule has 0 fully saturated rings. The third-order valence-electron chi connectivity index (χ3n) is 3.23. The first-order chi connectivity index (χ1) is 9.02. The second kappa shape index (κ2) is 5.47. The third-order valence-corrected chi connectivity index (χ3v) is 3.23. The van der Waals surface area contributed by atoms with Crippen molar-refractivity contribution in [3.8, 4) is 0 Å². The van der Waals surface area contributed by atoms with Crippen molar-refractivity contribution in [2.45, 2.75) is 19.9 Å². The lowest BCUT2D eigenvalue weighted by molar-refractivity contribution is 0.588. The van der Waals surface area contributed by atoms with Crippen LogP contribution in [0.1, 0.15) is 28.3 Å². The summed E-state index contributed by atoms with van der Waals surface area (Å²) in [5.41, 5.74) is 5.05. The molecule has 100 valence electrons. The minimum Gasteiger partial charge on any atom is -0.271 e. The molecule has 0 saturated heterocycles. The molecule has 2 rings (SSSR count). The Balaban J connectivity index is 2.43. The molecule has 4 heteroatoms. The van der Waals surface area contributed by atoms with Gasteiger partial charge in [-0.1, -0.05) is 24.3 Å². The van der Waals surface area contributed by atoms with Gasteiger partial charge in [0, 0.05) is 0 Å². The zero-order chi connectivity index (χ0) is 14.0. The van der Waals surface area contributed by atoms with Crippen LogP contribution < -0.4 is 11.3 Å². The Morgan fingerprint density at radius 1 is 0.895 bits per heavy atom. The molecule has 0 aliphatic carbocycles. The van der Waals surface area contributed by atoms with Crippen molar-refractivity contribution in [1.82, 2.24) is 5.43 Å². The summed E-state index contributed by atoms with van der Waals surface area (Å²) in [6, 6.07) is 9.31. The lowest BCUT2D eigenvalue weighted by Gasteiger charge is -2.18. The molecular formula is C15H16F2N2. The zero-order valence-corrected chi connectivity index (χ0v) is 10.9. The van der Waals surface area contributed by atoms with Crippen molar-refractivity contribution < 1.29 is 8.78 Å². The third kappa shape index (κ3) is 2.80. The zero-order valence-electron chi connectivity index (χ0n) is 10.9. The largest absolute Gasteiger partial charge is 0.271 e. The fourth-order valence-corrected chi connectivity index (χ4v) is 1.96. The van der Waals surface area contributed by atoms with Gasteiger partial charge >= 0.3 is 0 Å². The van der Waals surface area contributed by atoms with Crippen LogP contribution in [-0.2, 0) is 0 Å². The number of hydrazine groups is 1. The van der Waals surface area contributed by atoms with Gasteiger partial charge in [0.2, 0.25) is 0 Å². The lowest BCUT2D eigenvalue weighted by atomic mass is 9.97. The molecule has 19 heavy (non-hydrogen) atoms. The Hall–Kier alpha value is -1.78. The number of hydrogen-bond acceptors (Lipinski definition) is 2. The molecule has 2 nitrogen and oxygen atoms in total. The Labute approximate surface area is 111 Å². The predicted molar refractivity (Wildman–Crippen MR) is 71.4 cm³/mol. The van der Waals surface area contributed by atoms with Gasteiger partial charge in [0.1, 0.15) is 11.6 Å². The summed E-state index contributed by atoms with van der Waals surface area (Å²) in [7, 11) is 0. The van der Waals surface area contributed by atoms with Crippen molar-refractivity contribution in [3.63, 3.8) is 0 Å². The molecule has 0 aliphatic rings. The van der Waals surface area contributed by atoms with Crippen molar-refractivity contribution in [3.05, 3.63) is 70.3 Å². The normalized spacial score (nSPS) is 11.1. The van der Waals surface area contributed by atoms with Crippen molar-refractivity contribution in [2.24, 2.45) is 5.84 Å². The highest BCUT2D eigenvalue weighted by Gasteiger charge is 2.15. The fourth-order valence-electron chi connectivity index (χ4n) is 1.96. The first-order valence-corrected chi connectivity index (χ1v) is 6.01.